The van der Waals surface area contributed by atoms with E-state index in [4.69, 9.17) is 0 Å². The number of carbonyl (C=O) groups excluding carboxylic acids is 4. The van der Waals surface area contributed by atoms with Crippen LogP contribution >= 0.6 is 0 Å². The number of hydrogen-bond donors (Lipinski definition) is 9. The van der Waals surface area contributed by atoms with E-state index in [9.17, 15) is 68.7 Å². The molecule has 1 fully saturated rings. The van der Waals surface area contributed by atoms with Gasteiger partial charge in [0.2, 0.25) is 11.8 Å². The van der Waals surface area contributed by atoms with Crippen LogP contribution in [0.3, 0.4) is 0 Å². The van der Waals surface area contributed by atoms with E-state index in [1.165, 1.54) is 0 Å². The van der Waals surface area contributed by atoms with Crippen LogP contribution in [0.5, 0.6) is 0 Å². The summed E-state index contributed by atoms with van der Waals surface area (Å²) in [4.78, 5) is 124. The third-order valence-electron chi connectivity index (χ3n) is 12.7. The zero-order valence-electron chi connectivity index (χ0n) is 42.5. The molecule has 5 amide bonds. The summed E-state index contributed by atoms with van der Waals surface area (Å²) < 4.78 is 0. The number of hydrogen-bond acceptors (Lipinski definition) is 14. The van der Waals surface area contributed by atoms with Gasteiger partial charge in [-0.15, -0.1) is 0 Å². The van der Waals surface area contributed by atoms with E-state index in [2.05, 4.69) is 26.3 Å². The third kappa shape index (κ3) is 22.4. The number of nitrogens with one attached hydrogen (secondary N) is 4. The Balaban J connectivity index is 1.25. The fraction of sp³-hybridized carbons (Fsp3) is 0.529. The summed E-state index contributed by atoms with van der Waals surface area (Å²) in [6.45, 7) is 3.10. The first-order chi connectivity index (χ1) is 35.9. The number of fused-ring (bicyclic) bond motifs is 1. The normalized spacial score (nSPS) is 15.1. The molecule has 1 aliphatic rings. The maximum Gasteiger partial charge on any atom is 0.326 e. The van der Waals surface area contributed by atoms with Crippen molar-refractivity contribution in [3.63, 3.8) is 0 Å². The molecule has 0 spiro atoms. The Morgan fingerprint density at radius 3 is 1.79 bits per heavy atom. The van der Waals surface area contributed by atoms with Gasteiger partial charge in [0.05, 0.1) is 31.9 Å². The highest BCUT2D eigenvalue weighted by Gasteiger charge is 2.29. The number of urea groups is 1. The second-order valence-corrected chi connectivity index (χ2v) is 18.3. The minimum absolute atomic E-state index is 0.0824. The third-order valence-corrected chi connectivity index (χ3v) is 12.7. The second-order valence-electron chi connectivity index (χ2n) is 18.3. The number of aliphatic carboxylic acids is 5. The predicted octanol–water partition coefficient (Wildman–Crippen LogP) is 1.43. The molecule has 1 saturated heterocycles. The van der Waals surface area contributed by atoms with Crippen molar-refractivity contribution in [2.45, 2.75) is 83.5 Å². The molecule has 24 heteroatoms. The van der Waals surface area contributed by atoms with Crippen LogP contribution in [0, 0.1) is 0 Å². The van der Waals surface area contributed by atoms with Crippen molar-refractivity contribution in [2.75, 3.05) is 91.6 Å². The van der Waals surface area contributed by atoms with E-state index in [-0.39, 0.29) is 129 Å². The van der Waals surface area contributed by atoms with E-state index >= 15 is 0 Å². The lowest BCUT2D eigenvalue weighted by molar-refractivity contribution is -0.145. The first-order valence-corrected chi connectivity index (χ1v) is 25.2. The molecule has 2 heterocycles. The molecule has 3 aromatic rings. The van der Waals surface area contributed by atoms with Gasteiger partial charge >= 0.3 is 35.9 Å². The molecule has 4 rings (SSSR count). The van der Waals surface area contributed by atoms with Gasteiger partial charge in [0, 0.05) is 109 Å². The number of carbonyl (C=O) groups is 9. The average molecular weight is 1050 g/mol. The van der Waals surface area contributed by atoms with Crippen LogP contribution in [0.4, 0.5) is 4.79 Å². The molecule has 1 aliphatic heterocycles. The molecule has 410 valence electrons. The van der Waals surface area contributed by atoms with Crippen molar-refractivity contribution >= 4 is 64.4 Å². The number of nitrogens with zero attached hydrogens (tertiary/aromatic N) is 6. The van der Waals surface area contributed by atoms with Crippen LogP contribution in [-0.2, 0) is 46.7 Å². The van der Waals surface area contributed by atoms with Crippen LogP contribution in [0.25, 0.3) is 10.8 Å². The van der Waals surface area contributed by atoms with E-state index in [1.54, 1.807) is 61.9 Å². The monoisotopic (exact) mass is 1050 g/mol. The first kappa shape index (κ1) is 60.3. The fourth-order valence-corrected chi connectivity index (χ4v) is 8.63. The number of carboxylic acids is 5. The predicted molar refractivity (Wildman–Crippen MR) is 274 cm³/mol. The first-order valence-electron chi connectivity index (χ1n) is 25.2. The summed E-state index contributed by atoms with van der Waals surface area (Å²) in [5.74, 6) is -6.55. The molecular formula is C51H72N10O14. The number of carboxylic acid groups (broad SMARTS) is 5. The molecule has 1 aromatic heterocycles. The molecule has 2 atom stereocenters. The standard InChI is InChI=1S/C51H72N10O14/c1-2-52-51(75)56-40(49(71)72)11-6-8-22-61(32-41-39-10-4-3-9-37(39)19-21-53-41)48(70)38-15-13-36(14-16-38)31-55-43(62)12-5-7-20-54-44(63)18-17-42(50(73)74)60-29-27-58(34-46(66)67)25-23-57(33-45(64)65)24-26-59(28-30-60)35-47(68)69/h3-4,9-10,13-16,19,21,40,42H,2,5-8,11-12,17-18,20,22-35H2,1H3,(H,54,63)(H,55,62)(H,64,65)(H,66,67)(H,68,69)(H,71,72)(H,73,74)(H2,52,56,75). The van der Waals surface area contributed by atoms with Crippen molar-refractivity contribution in [3.8, 4) is 0 Å². The molecular weight excluding hydrogens is 977 g/mol. The van der Waals surface area contributed by atoms with Gasteiger partial charge in [-0.25, -0.2) is 9.59 Å². The van der Waals surface area contributed by atoms with Crippen molar-refractivity contribution < 1.29 is 68.7 Å². The van der Waals surface area contributed by atoms with Crippen LogP contribution < -0.4 is 21.3 Å². The maximum absolute atomic E-state index is 14.0. The Bertz CT molecular complexity index is 2350. The number of unbranched alkanes of at least 4 members (excludes halogenated alkanes) is 2. The van der Waals surface area contributed by atoms with E-state index in [1.807, 2.05) is 30.3 Å². The van der Waals surface area contributed by atoms with Crippen LogP contribution in [0.2, 0.25) is 0 Å². The molecule has 9 N–H and O–H groups in total. The summed E-state index contributed by atoms with van der Waals surface area (Å²) in [5, 5.41) is 60.9. The van der Waals surface area contributed by atoms with Gasteiger partial charge in [-0.1, -0.05) is 36.4 Å². The van der Waals surface area contributed by atoms with Gasteiger partial charge < -0.3 is 51.7 Å². The van der Waals surface area contributed by atoms with Gasteiger partial charge in [0.15, 0.2) is 0 Å². The SMILES string of the molecule is CCNC(=O)NC(CCCCN(Cc1nccc2ccccc12)C(=O)c1ccc(CNC(=O)CCCCNC(=O)CCC(C(=O)O)N2CCN(CC(=O)O)CCN(CC(=O)O)CCN(CC(=O)O)CC2)cc1)C(=O)O. The molecule has 2 unspecified atom stereocenters. The van der Waals surface area contributed by atoms with Crippen molar-refractivity contribution in [3.05, 3.63) is 77.6 Å². The Morgan fingerprint density at radius 1 is 0.627 bits per heavy atom. The highest BCUT2D eigenvalue weighted by Crippen LogP contribution is 2.20. The van der Waals surface area contributed by atoms with Crippen LogP contribution in [-0.4, -0.2) is 212 Å². The summed E-state index contributed by atoms with van der Waals surface area (Å²) in [6.07, 6.45) is 3.58. The zero-order valence-corrected chi connectivity index (χ0v) is 42.5. The van der Waals surface area contributed by atoms with Crippen LogP contribution in [0.15, 0.2) is 60.8 Å². The number of amides is 5. The molecule has 0 bridgehead atoms. The topological polar surface area (TPSA) is 332 Å². The van der Waals surface area contributed by atoms with Gasteiger partial charge in [-0.2, -0.15) is 0 Å². The number of benzene rings is 2. The fourth-order valence-electron chi connectivity index (χ4n) is 8.63. The largest absolute Gasteiger partial charge is 0.480 e. The van der Waals surface area contributed by atoms with Crippen molar-refractivity contribution in [1.29, 1.82) is 0 Å². The van der Waals surface area contributed by atoms with Crippen LogP contribution in [0.1, 0.15) is 79.9 Å². The Kier molecular flexibility index (Phi) is 25.8. The number of aromatic nitrogens is 1. The summed E-state index contributed by atoms with van der Waals surface area (Å²) >= 11 is 0. The van der Waals surface area contributed by atoms with E-state index < -0.39 is 53.9 Å². The highest BCUT2D eigenvalue weighted by atomic mass is 16.4. The lowest BCUT2D eigenvalue weighted by Gasteiger charge is -2.35. The lowest BCUT2D eigenvalue weighted by atomic mass is 10.1. The highest BCUT2D eigenvalue weighted by molar-refractivity contribution is 5.94. The molecule has 75 heavy (non-hydrogen) atoms. The molecule has 0 aliphatic carbocycles. The smallest absolute Gasteiger partial charge is 0.326 e. The molecule has 0 saturated carbocycles. The average Bonchev–Trinajstić information content (AvgIpc) is 3.36. The van der Waals surface area contributed by atoms with Gasteiger partial charge in [0.1, 0.15) is 12.1 Å². The zero-order chi connectivity index (χ0) is 54.7. The van der Waals surface area contributed by atoms with Gasteiger partial charge in [-0.3, -0.25) is 58.1 Å². The van der Waals surface area contributed by atoms with Gasteiger partial charge in [-0.05, 0) is 74.6 Å². The van der Waals surface area contributed by atoms with Crippen molar-refractivity contribution in [1.82, 2.24) is 50.8 Å². The number of pyridine rings is 1. The van der Waals surface area contributed by atoms with Crippen molar-refractivity contribution in [2.24, 2.45) is 0 Å². The maximum atomic E-state index is 14.0. The minimum atomic E-state index is -1.20. The Labute approximate surface area is 435 Å². The number of rotatable bonds is 29. The quantitative estimate of drug-likeness (QED) is 0.0444. The van der Waals surface area contributed by atoms with E-state index in [0.717, 1.165) is 16.3 Å². The minimum Gasteiger partial charge on any atom is -0.480 e. The summed E-state index contributed by atoms with van der Waals surface area (Å²) in [6, 6.07) is 13.6. The Hall–Kier alpha value is -7.28. The summed E-state index contributed by atoms with van der Waals surface area (Å²) in [5.41, 5.74) is 1.86. The summed E-state index contributed by atoms with van der Waals surface area (Å²) in [7, 11) is 0. The molecule has 2 aromatic carbocycles. The lowest BCUT2D eigenvalue weighted by Crippen LogP contribution is -2.52. The molecule has 24 nitrogen and oxygen atoms in total. The molecule has 0 radical (unpaired) electrons. The van der Waals surface area contributed by atoms with E-state index in [0.29, 0.717) is 50.0 Å². The Morgan fingerprint density at radius 2 is 1.21 bits per heavy atom. The second kappa shape index (κ2) is 32.1. The van der Waals surface area contributed by atoms with Gasteiger partial charge in [0.25, 0.3) is 5.91 Å².